The summed E-state index contributed by atoms with van der Waals surface area (Å²) in [5.74, 6) is -0.849. The van der Waals surface area contributed by atoms with Crippen LogP contribution in [-0.4, -0.2) is 12.6 Å². The van der Waals surface area contributed by atoms with E-state index >= 15 is 0 Å². The summed E-state index contributed by atoms with van der Waals surface area (Å²) in [6.07, 6.45) is -4.63. The number of hydrogen-bond donors (Lipinski definition) is 1. The quantitative estimate of drug-likeness (QED) is 0.666. The van der Waals surface area contributed by atoms with Crippen molar-refractivity contribution in [1.82, 2.24) is 0 Å². The predicted molar refractivity (Wildman–Crippen MR) is 59.4 cm³/mol. The molecule has 1 aromatic rings. The van der Waals surface area contributed by atoms with E-state index in [4.69, 9.17) is 5.26 Å². The monoisotopic (exact) mass is 275 g/mol. The van der Waals surface area contributed by atoms with Crippen molar-refractivity contribution in [3.63, 3.8) is 0 Å². The van der Waals surface area contributed by atoms with Gasteiger partial charge in [-0.15, -0.1) is 12.6 Å². The molecule has 1 rings (SSSR count). The number of thiol groups is 1. The SMILES string of the molecule is CCOC(=O)c1cc(S)c(C(F)(F)F)cc1C#N. The van der Waals surface area contributed by atoms with Gasteiger partial charge in [-0.05, 0) is 19.1 Å². The molecular formula is C11H8F3NO2S. The summed E-state index contributed by atoms with van der Waals surface area (Å²) in [5, 5.41) is 8.77. The third-order valence-electron chi connectivity index (χ3n) is 2.06. The van der Waals surface area contributed by atoms with Gasteiger partial charge in [-0.2, -0.15) is 18.4 Å². The van der Waals surface area contributed by atoms with Crippen LogP contribution in [0.4, 0.5) is 13.2 Å². The molecule has 0 aliphatic rings. The average molecular weight is 275 g/mol. The molecule has 0 fully saturated rings. The van der Waals surface area contributed by atoms with E-state index in [-0.39, 0.29) is 12.2 Å². The first-order chi connectivity index (χ1) is 8.31. The highest BCUT2D eigenvalue weighted by molar-refractivity contribution is 7.80. The molecule has 1 aromatic carbocycles. The maximum absolute atomic E-state index is 12.6. The second-order valence-corrected chi connectivity index (χ2v) is 3.73. The van der Waals surface area contributed by atoms with Crippen LogP contribution in [0.15, 0.2) is 17.0 Å². The third kappa shape index (κ3) is 2.96. The number of esters is 1. The van der Waals surface area contributed by atoms with Crippen molar-refractivity contribution in [3.8, 4) is 6.07 Å². The molecule has 0 bridgehead atoms. The van der Waals surface area contributed by atoms with Crippen LogP contribution in [0.3, 0.4) is 0 Å². The Morgan fingerprint density at radius 2 is 2.11 bits per heavy atom. The topological polar surface area (TPSA) is 50.1 Å². The number of nitriles is 1. The van der Waals surface area contributed by atoms with Gasteiger partial charge in [0.1, 0.15) is 6.07 Å². The van der Waals surface area contributed by atoms with Gasteiger partial charge < -0.3 is 4.74 Å². The molecule has 0 saturated carbocycles. The standard InChI is InChI=1S/C11H8F3NO2S/c1-2-17-10(16)7-4-9(18)8(11(12,13)14)3-6(7)5-15/h3-4,18H,2H2,1H3. The van der Waals surface area contributed by atoms with Gasteiger partial charge in [0.25, 0.3) is 0 Å². The van der Waals surface area contributed by atoms with Crippen LogP contribution in [0.1, 0.15) is 28.4 Å². The molecule has 0 N–H and O–H groups in total. The van der Waals surface area contributed by atoms with E-state index in [0.717, 1.165) is 6.07 Å². The molecule has 3 nitrogen and oxygen atoms in total. The van der Waals surface area contributed by atoms with E-state index in [1.807, 2.05) is 0 Å². The van der Waals surface area contributed by atoms with E-state index in [9.17, 15) is 18.0 Å². The number of nitrogens with zero attached hydrogens (tertiary/aromatic N) is 1. The normalized spacial score (nSPS) is 10.9. The minimum Gasteiger partial charge on any atom is -0.462 e. The van der Waals surface area contributed by atoms with Crippen molar-refractivity contribution in [2.75, 3.05) is 6.61 Å². The number of alkyl halides is 3. The van der Waals surface area contributed by atoms with Crippen molar-refractivity contribution < 1.29 is 22.7 Å². The minimum absolute atomic E-state index is 0.0621. The zero-order chi connectivity index (χ0) is 13.9. The average Bonchev–Trinajstić information content (AvgIpc) is 2.27. The molecule has 0 saturated heterocycles. The molecule has 7 heteroatoms. The number of carbonyl (C=O) groups is 1. The van der Waals surface area contributed by atoms with Crippen molar-refractivity contribution in [2.24, 2.45) is 0 Å². The third-order valence-corrected chi connectivity index (χ3v) is 2.43. The summed E-state index contributed by atoms with van der Waals surface area (Å²) in [7, 11) is 0. The van der Waals surface area contributed by atoms with Crippen LogP contribution in [0, 0.1) is 11.3 Å². The van der Waals surface area contributed by atoms with Gasteiger partial charge in [-0.25, -0.2) is 4.79 Å². The van der Waals surface area contributed by atoms with E-state index in [0.29, 0.717) is 6.07 Å². The first kappa shape index (κ1) is 14.4. The van der Waals surface area contributed by atoms with Crippen molar-refractivity contribution in [2.45, 2.75) is 18.0 Å². The van der Waals surface area contributed by atoms with Gasteiger partial charge in [0, 0.05) is 4.90 Å². The summed E-state index contributed by atoms with van der Waals surface area (Å²) in [6, 6.07) is 3.02. The highest BCUT2D eigenvalue weighted by Gasteiger charge is 2.34. The van der Waals surface area contributed by atoms with Crippen molar-refractivity contribution in [1.29, 1.82) is 5.26 Å². The Morgan fingerprint density at radius 1 is 1.50 bits per heavy atom. The fourth-order valence-corrected chi connectivity index (χ4v) is 1.61. The smallest absolute Gasteiger partial charge is 0.417 e. The zero-order valence-corrected chi connectivity index (χ0v) is 10.1. The lowest BCUT2D eigenvalue weighted by Crippen LogP contribution is -2.12. The lowest BCUT2D eigenvalue weighted by molar-refractivity contribution is -0.139. The van der Waals surface area contributed by atoms with Crippen molar-refractivity contribution >= 4 is 18.6 Å². The van der Waals surface area contributed by atoms with Crippen LogP contribution in [0.5, 0.6) is 0 Å². The molecule has 0 atom stereocenters. The summed E-state index contributed by atoms with van der Waals surface area (Å²) in [5.41, 5.74) is -1.67. The molecule has 0 amide bonds. The van der Waals surface area contributed by atoms with Crippen LogP contribution >= 0.6 is 12.6 Å². The highest BCUT2D eigenvalue weighted by Crippen LogP contribution is 2.35. The Balaban J connectivity index is 3.38. The molecule has 0 spiro atoms. The van der Waals surface area contributed by atoms with Crippen LogP contribution in [0.25, 0.3) is 0 Å². The van der Waals surface area contributed by atoms with E-state index < -0.39 is 28.2 Å². The Morgan fingerprint density at radius 3 is 2.56 bits per heavy atom. The maximum Gasteiger partial charge on any atom is 0.417 e. The number of benzene rings is 1. The second kappa shape index (κ2) is 5.31. The first-order valence-electron chi connectivity index (χ1n) is 4.82. The number of carbonyl (C=O) groups excluding carboxylic acids is 1. The molecule has 0 heterocycles. The predicted octanol–water partition coefficient (Wildman–Crippen LogP) is 3.04. The number of rotatable bonds is 2. The Bertz CT molecular complexity index is 520. The molecule has 0 aliphatic heterocycles. The number of halogens is 3. The van der Waals surface area contributed by atoms with Gasteiger partial charge in [0.2, 0.25) is 0 Å². The molecule has 0 aromatic heterocycles. The van der Waals surface area contributed by atoms with E-state index in [1.165, 1.54) is 6.07 Å². The Labute approximate surface area is 107 Å². The Kier molecular flexibility index (Phi) is 4.24. The second-order valence-electron chi connectivity index (χ2n) is 3.24. The number of ether oxygens (including phenoxy) is 1. The fourth-order valence-electron chi connectivity index (χ4n) is 1.29. The summed E-state index contributed by atoms with van der Waals surface area (Å²) >= 11 is 3.67. The molecule has 18 heavy (non-hydrogen) atoms. The zero-order valence-electron chi connectivity index (χ0n) is 9.21. The fraction of sp³-hybridized carbons (Fsp3) is 0.273. The molecule has 0 aliphatic carbocycles. The highest BCUT2D eigenvalue weighted by atomic mass is 32.1. The van der Waals surface area contributed by atoms with Gasteiger partial charge in [0.15, 0.2) is 0 Å². The van der Waals surface area contributed by atoms with Gasteiger partial charge in [0.05, 0.1) is 23.3 Å². The van der Waals surface area contributed by atoms with Gasteiger partial charge >= 0.3 is 12.1 Å². The minimum atomic E-state index is -4.63. The molecule has 0 unspecified atom stereocenters. The Hall–Kier alpha value is -1.68. The summed E-state index contributed by atoms with van der Waals surface area (Å²) in [4.78, 5) is 11.0. The molecular weight excluding hydrogens is 267 g/mol. The number of hydrogen-bond acceptors (Lipinski definition) is 4. The van der Waals surface area contributed by atoms with Crippen LogP contribution in [0.2, 0.25) is 0 Å². The van der Waals surface area contributed by atoms with Crippen molar-refractivity contribution in [3.05, 3.63) is 28.8 Å². The largest absolute Gasteiger partial charge is 0.462 e. The summed E-state index contributed by atoms with van der Waals surface area (Å²) in [6.45, 7) is 1.61. The summed E-state index contributed by atoms with van der Waals surface area (Å²) < 4.78 is 42.4. The molecule has 0 radical (unpaired) electrons. The van der Waals surface area contributed by atoms with Crippen LogP contribution in [-0.2, 0) is 10.9 Å². The van der Waals surface area contributed by atoms with E-state index in [2.05, 4.69) is 17.4 Å². The lowest BCUT2D eigenvalue weighted by Gasteiger charge is -2.12. The first-order valence-corrected chi connectivity index (χ1v) is 5.27. The lowest BCUT2D eigenvalue weighted by atomic mass is 10.0. The molecule has 96 valence electrons. The van der Waals surface area contributed by atoms with Crippen LogP contribution < -0.4 is 0 Å². The van der Waals surface area contributed by atoms with Gasteiger partial charge in [-0.3, -0.25) is 0 Å². The maximum atomic E-state index is 12.6. The van der Waals surface area contributed by atoms with Gasteiger partial charge in [-0.1, -0.05) is 0 Å². The van der Waals surface area contributed by atoms with E-state index in [1.54, 1.807) is 6.92 Å².